The van der Waals surface area contributed by atoms with Gasteiger partial charge in [-0.2, -0.15) is 0 Å². The van der Waals surface area contributed by atoms with E-state index in [0.29, 0.717) is 0 Å². The average Bonchev–Trinajstić information content (AvgIpc) is 2.66. The van der Waals surface area contributed by atoms with Gasteiger partial charge >= 0.3 is 0 Å². The van der Waals surface area contributed by atoms with Gasteiger partial charge < -0.3 is 4.42 Å². The predicted molar refractivity (Wildman–Crippen MR) is 52.8 cm³/mol. The monoisotopic (exact) mass is 180 g/mol. The molecule has 0 aliphatic heterocycles. The first-order valence-electron chi connectivity index (χ1n) is 4.44. The van der Waals surface area contributed by atoms with Crippen LogP contribution in [-0.4, -0.2) is 0 Å². The summed E-state index contributed by atoms with van der Waals surface area (Å²) >= 11 is 0. The van der Waals surface area contributed by atoms with Crippen LogP contribution >= 0.6 is 0 Å². The van der Waals surface area contributed by atoms with Crippen molar-refractivity contribution >= 4 is 0 Å². The van der Waals surface area contributed by atoms with Crippen LogP contribution in [0.5, 0.6) is 0 Å². The number of nitrogens with two attached hydrogens (primary N) is 1. The van der Waals surface area contributed by atoms with Crippen LogP contribution in [0.15, 0.2) is 35.0 Å². The molecule has 1 aromatic heterocycles. The third kappa shape index (κ3) is 2.72. The van der Waals surface area contributed by atoms with Crippen LogP contribution in [-0.2, 0) is 0 Å². The first kappa shape index (κ1) is 10.0. The maximum absolute atomic E-state index is 5.42. The van der Waals surface area contributed by atoms with Gasteiger partial charge in [0.1, 0.15) is 5.76 Å². The summed E-state index contributed by atoms with van der Waals surface area (Å²) in [5.74, 6) is 6.27. The Kier molecular flexibility index (Phi) is 3.73. The second kappa shape index (κ2) is 4.84. The number of rotatable bonds is 5. The van der Waals surface area contributed by atoms with Gasteiger partial charge in [-0.1, -0.05) is 19.1 Å². The summed E-state index contributed by atoms with van der Waals surface area (Å²) in [7, 11) is 0. The summed E-state index contributed by atoms with van der Waals surface area (Å²) < 4.78 is 5.25. The van der Waals surface area contributed by atoms with E-state index in [1.54, 1.807) is 6.26 Å². The van der Waals surface area contributed by atoms with E-state index in [4.69, 9.17) is 10.3 Å². The van der Waals surface area contributed by atoms with E-state index in [1.165, 1.54) is 5.57 Å². The third-order valence-corrected chi connectivity index (χ3v) is 2.08. The zero-order valence-corrected chi connectivity index (χ0v) is 7.92. The lowest BCUT2D eigenvalue weighted by atomic mass is 10.0. The lowest BCUT2D eigenvalue weighted by molar-refractivity contribution is 0.414. The van der Waals surface area contributed by atoms with Crippen LogP contribution in [0.2, 0.25) is 0 Å². The van der Waals surface area contributed by atoms with Crippen molar-refractivity contribution in [3.63, 3.8) is 0 Å². The van der Waals surface area contributed by atoms with Crippen molar-refractivity contribution < 1.29 is 4.42 Å². The number of hydrazine groups is 1. The van der Waals surface area contributed by atoms with Gasteiger partial charge in [0.25, 0.3) is 0 Å². The Morgan fingerprint density at radius 1 is 1.77 bits per heavy atom. The SMILES string of the molecule is C=C(CC)CC(NN)c1ccco1. The third-order valence-electron chi connectivity index (χ3n) is 2.08. The highest BCUT2D eigenvalue weighted by atomic mass is 16.3. The Morgan fingerprint density at radius 3 is 3.00 bits per heavy atom. The Labute approximate surface area is 78.6 Å². The molecule has 0 saturated heterocycles. The van der Waals surface area contributed by atoms with Crippen molar-refractivity contribution in [1.29, 1.82) is 0 Å². The molecular weight excluding hydrogens is 164 g/mol. The van der Waals surface area contributed by atoms with Crippen molar-refractivity contribution in [3.8, 4) is 0 Å². The molecule has 3 nitrogen and oxygen atoms in total. The topological polar surface area (TPSA) is 51.2 Å². The molecule has 0 aliphatic carbocycles. The molecule has 1 atom stereocenters. The highest BCUT2D eigenvalue weighted by molar-refractivity contribution is 5.08. The first-order valence-corrected chi connectivity index (χ1v) is 4.44. The summed E-state index contributed by atoms with van der Waals surface area (Å²) in [6.07, 6.45) is 3.44. The van der Waals surface area contributed by atoms with Crippen LogP contribution in [0, 0.1) is 0 Å². The summed E-state index contributed by atoms with van der Waals surface area (Å²) in [5.41, 5.74) is 3.88. The number of hydrogen-bond acceptors (Lipinski definition) is 3. The minimum absolute atomic E-state index is 0.0439. The predicted octanol–water partition coefficient (Wildman–Crippen LogP) is 2.14. The Morgan fingerprint density at radius 2 is 2.54 bits per heavy atom. The van der Waals surface area contributed by atoms with E-state index < -0.39 is 0 Å². The van der Waals surface area contributed by atoms with Gasteiger partial charge in [-0.25, -0.2) is 5.43 Å². The van der Waals surface area contributed by atoms with E-state index in [9.17, 15) is 0 Å². The highest BCUT2D eigenvalue weighted by Crippen LogP contribution is 2.20. The lowest BCUT2D eigenvalue weighted by Gasteiger charge is -2.13. The Bertz CT molecular complexity index is 254. The molecule has 1 aromatic rings. The van der Waals surface area contributed by atoms with Crippen LogP contribution in [0.3, 0.4) is 0 Å². The summed E-state index contributed by atoms with van der Waals surface area (Å²) in [5, 5.41) is 0. The van der Waals surface area contributed by atoms with Gasteiger partial charge in [0.15, 0.2) is 0 Å². The second-order valence-electron chi connectivity index (χ2n) is 3.04. The van der Waals surface area contributed by atoms with E-state index in [-0.39, 0.29) is 6.04 Å². The van der Waals surface area contributed by atoms with Crippen LogP contribution < -0.4 is 11.3 Å². The molecule has 72 valence electrons. The zero-order chi connectivity index (χ0) is 9.68. The average molecular weight is 180 g/mol. The molecule has 1 heterocycles. The fourth-order valence-electron chi connectivity index (χ4n) is 1.16. The zero-order valence-electron chi connectivity index (χ0n) is 7.92. The van der Waals surface area contributed by atoms with Crippen molar-refractivity contribution in [1.82, 2.24) is 5.43 Å². The molecule has 0 amide bonds. The first-order chi connectivity index (χ1) is 6.27. The molecule has 0 radical (unpaired) electrons. The molecule has 13 heavy (non-hydrogen) atoms. The Balaban J connectivity index is 2.58. The smallest absolute Gasteiger partial charge is 0.122 e. The van der Waals surface area contributed by atoms with Gasteiger partial charge in [-0.3, -0.25) is 5.84 Å². The quantitative estimate of drug-likeness (QED) is 0.414. The van der Waals surface area contributed by atoms with E-state index in [2.05, 4.69) is 18.9 Å². The summed E-state index contributed by atoms with van der Waals surface area (Å²) in [4.78, 5) is 0. The van der Waals surface area contributed by atoms with Gasteiger partial charge in [-0.15, -0.1) is 0 Å². The minimum atomic E-state index is 0.0439. The van der Waals surface area contributed by atoms with Crippen LogP contribution in [0.4, 0.5) is 0 Å². The molecular formula is C10H16N2O. The minimum Gasteiger partial charge on any atom is -0.468 e. The maximum Gasteiger partial charge on any atom is 0.122 e. The normalized spacial score (nSPS) is 12.8. The molecule has 3 heteroatoms. The van der Waals surface area contributed by atoms with E-state index in [1.807, 2.05) is 12.1 Å². The van der Waals surface area contributed by atoms with Gasteiger partial charge in [0.05, 0.1) is 12.3 Å². The number of nitrogens with one attached hydrogen (secondary N) is 1. The van der Waals surface area contributed by atoms with Crippen LogP contribution in [0.25, 0.3) is 0 Å². The molecule has 3 N–H and O–H groups in total. The van der Waals surface area contributed by atoms with E-state index >= 15 is 0 Å². The molecule has 1 unspecified atom stereocenters. The maximum atomic E-state index is 5.42. The molecule has 0 fully saturated rings. The van der Waals surface area contributed by atoms with E-state index in [0.717, 1.165) is 18.6 Å². The van der Waals surface area contributed by atoms with Crippen molar-refractivity contribution in [2.45, 2.75) is 25.8 Å². The molecule has 0 aromatic carbocycles. The lowest BCUT2D eigenvalue weighted by Crippen LogP contribution is -2.27. The largest absolute Gasteiger partial charge is 0.468 e. The second-order valence-corrected chi connectivity index (χ2v) is 3.04. The Hall–Kier alpha value is -1.06. The number of hydrogen-bond donors (Lipinski definition) is 2. The summed E-state index contributed by atoms with van der Waals surface area (Å²) in [6, 6.07) is 3.81. The molecule has 0 aliphatic rings. The standard InChI is InChI=1S/C10H16N2O/c1-3-8(2)7-9(12-11)10-5-4-6-13-10/h4-6,9,12H,2-3,7,11H2,1H3. The molecule has 1 rings (SSSR count). The molecule has 0 saturated carbocycles. The molecule has 0 spiro atoms. The molecule has 0 bridgehead atoms. The van der Waals surface area contributed by atoms with Crippen molar-refractivity contribution in [2.24, 2.45) is 5.84 Å². The van der Waals surface area contributed by atoms with Crippen molar-refractivity contribution in [2.75, 3.05) is 0 Å². The fraction of sp³-hybridized carbons (Fsp3) is 0.400. The van der Waals surface area contributed by atoms with Crippen molar-refractivity contribution in [3.05, 3.63) is 36.3 Å². The summed E-state index contributed by atoms with van der Waals surface area (Å²) in [6.45, 7) is 6.01. The van der Waals surface area contributed by atoms with Crippen LogP contribution in [0.1, 0.15) is 31.6 Å². The fourth-order valence-corrected chi connectivity index (χ4v) is 1.16. The van der Waals surface area contributed by atoms with Gasteiger partial charge in [0.2, 0.25) is 0 Å². The number of furan rings is 1. The van der Waals surface area contributed by atoms with Gasteiger partial charge in [-0.05, 0) is 25.0 Å². The van der Waals surface area contributed by atoms with Gasteiger partial charge in [0, 0.05) is 0 Å². The highest BCUT2D eigenvalue weighted by Gasteiger charge is 2.12.